The lowest BCUT2D eigenvalue weighted by molar-refractivity contribution is 0.211. The number of pyridine rings is 1. The summed E-state index contributed by atoms with van der Waals surface area (Å²) in [4.78, 5) is 4.54. The van der Waals surface area contributed by atoms with Gasteiger partial charge in [0.2, 0.25) is 0 Å². The van der Waals surface area contributed by atoms with Crippen molar-refractivity contribution in [3.63, 3.8) is 0 Å². The molecule has 0 amide bonds. The lowest BCUT2D eigenvalue weighted by atomic mass is 10.1. The monoisotopic (exact) mass is 260 g/mol. The molecule has 4 nitrogen and oxygen atoms in total. The van der Waals surface area contributed by atoms with Crippen molar-refractivity contribution in [3.8, 4) is 5.75 Å². The molecule has 1 aromatic carbocycles. The molecule has 0 bridgehead atoms. The summed E-state index contributed by atoms with van der Waals surface area (Å²) < 4.78 is 10.6. The van der Waals surface area contributed by atoms with Crippen LogP contribution < -0.4 is 10.1 Å². The first-order valence-corrected chi connectivity index (χ1v) is 6.51. The minimum Gasteiger partial charge on any atom is -0.494 e. The van der Waals surface area contributed by atoms with Gasteiger partial charge < -0.3 is 14.8 Å². The van der Waals surface area contributed by atoms with Gasteiger partial charge in [0.05, 0.1) is 18.7 Å². The van der Waals surface area contributed by atoms with E-state index in [0.717, 1.165) is 34.6 Å². The molecule has 0 aliphatic carbocycles. The van der Waals surface area contributed by atoms with Crippen LogP contribution in [0.2, 0.25) is 0 Å². The summed E-state index contributed by atoms with van der Waals surface area (Å²) in [5.41, 5.74) is 3.04. The van der Waals surface area contributed by atoms with Crippen molar-refractivity contribution in [2.24, 2.45) is 0 Å². The van der Waals surface area contributed by atoms with E-state index in [1.165, 1.54) is 0 Å². The number of aromatic nitrogens is 1. The average Bonchev–Trinajstić information content (AvgIpc) is 2.40. The standard InChI is InChI=1S/C15H20N2O2/c1-4-19-12-5-6-14-13(10-12)15(9-11(2)17-14)16-7-8-18-3/h5-6,9-10H,4,7-8H2,1-3H3,(H,16,17). The maximum atomic E-state index is 5.54. The summed E-state index contributed by atoms with van der Waals surface area (Å²) in [6, 6.07) is 8.03. The molecular weight excluding hydrogens is 240 g/mol. The van der Waals surface area contributed by atoms with Crippen LogP contribution >= 0.6 is 0 Å². The molecule has 0 unspecified atom stereocenters. The fourth-order valence-electron chi connectivity index (χ4n) is 2.03. The van der Waals surface area contributed by atoms with Crippen LogP contribution in [-0.4, -0.2) is 31.9 Å². The molecule has 4 heteroatoms. The maximum Gasteiger partial charge on any atom is 0.120 e. The fraction of sp³-hybridized carbons (Fsp3) is 0.400. The number of hydrogen-bond donors (Lipinski definition) is 1. The Labute approximate surface area is 113 Å². The van der Waals surface area contributed by atoms with E-state index in [-0.39, 0.29) is 0 Å². The first kappa shape index (κ1) is 13.6. The third kappa shape index (κ3) is 3.35. The number of fused-ring (bicyclic) bond motifs is 1. The Bertz CT molecular complexity index is 555. The number of nitrogens with one attached hydrogen (secondary N) is 1. The highest BCUT2D eigenvalue weighted by Gasteiger charge is 2.05. The van der Waals surface area contributed by atoms with Crippen molar-refractivity contribution >= 4 is 16.6 Å². The lowest BCUT2D eigenvalue weighted by Gasteiger charge is -2.12. The van der Waals surface area contributed by atoms with Crippen molar-refractivity contribution in [1.82, 2.24) is 4.98 Å². The smallest absolute Gasteiger partial charge is 0.120 e. The van der Waals surface area contributed by atoms with Crippen LogP contribution in [-0.2, 0) is 4.74 Å². The second-order valence-corrected chi connectivity index (χ2v) is 4.34. The van der Waals surface area contributed by atoms with Gasteiger partial charge in [-0.15, -0.1) is 0 Å². The zero-order valence-electron chi connectivity index (χ0n) is 11.7. The molecule has 2 rings (SSSR count). The van der Waals surface area contributed by atoms with Gasteiger partial charge in [0.25, 0.3) is 0 Å². The van der Waals surface area contributed by atoms with Gasteiger partial charge in [0.1, 0.15) is 5.75 Å². The minimum absolute atomic E-state index is 0.664. The normalized spacial score (nSPS) is 10.7. The van der Waals surface area contributed by atoms with Crippen LogP contribution in [0.1, 0.15) is 12.6 Å². The van der Waals surface area contributed by atoms with E-state index in [1.54, 1.807) is 7.11 Å². The highest BCUT2D eigenvalue weighted by atomic mass is 16.5. The average molecular weight is 260 g/mol. The zero-order valence-corrected chi connectivity index (χ0v) is 11.7. The first-order chi connectivity index (χ1) is 9.24. The van der Waals surface area contributed by atoms with E-state index in [1.807, 2.05) is 38.1 Å². The van der Waals surface area contributed by atoms with Crippen molar-refractivity contribution in [2.75, 3.05) is 32.2 Å². The zero-order chi connectivity index (χ0) is 13.7. The van der Waals surface area contributed by atoms with Crippen molar-refractivity contribution in [3.05, 3.63) is 30.0 Å². The molecule has 0 saturated heterocycles. The number of ether oxygens (including phenoxy) is 2. The number of rotatable bonds is 6. The summed E-state index contributed by atoms with van der Waals surface area (Å²) in [6.45, 7) is 6.09. The number of aryl methyl sites for hydroxylation is 1. The molecule has 1 aromatic heterocycles. The molecule has 0 saturated carbocycles. The SMILES string of the molecule is CCOc1ccc2nc(C)cc(NCCOC)c2c1. The highest BCUT2D eigenvalue weighted by molar-refractivity contribution is 5.92. The summed E-state index contributed by atoms with van der Waals surface area (Å²) in [6.07, 6.45) is 0. The third-order valence-electron chi connectivity index (χ3n) is 2.84. The Kier molecular flexibility index (Phi) is 4.58. The first-order valence-electron chi connectivity index (χ1n) is 6.51. The Morgan fingerprint density at radius 2 is 2.11 bits per heavy atom. The quantitative estimate of drug-likeness (QED) is 0.811. The van der Waals surface area contributed by atoms with E-state index in [0.29, 0.717) is 13.2 Å². The summed E-state index contributed by atoms with van der Waals surface area (Å²) >= 11 is 0. The summed E-state index contributed by atoms with van der Waals surface area (Å²) in [5, 5.41) is 4.45. The predicted molar refractivity (Wildman–Crippen MR) is 78.0 cm³/mol. The van der Waals surface area contributed by atoms with Crippen molar-refractivity contribution in [2.45, 2.75) is 13.8 Å². The summed E-state index contributed by atoms with van der Waals surface area (Å²) in [7, 11) is 1.70. The molecule has 1 N–H and O–H groups in total. The van der Waals surface area contributed by atoms with E-state index < -0.39 is 0 Å². The van der Waals surface area contributed by atoms with E-state index >= 15 is 0 Å². The van der Waals surface area contributed by atoms with E-state index in [4.69, 9.17) is 9.47 Å². The lowest BCUT2D eigenvalue weighted by Crippen LogP contribution is -2.08. The molecular formula is C15H20N2O2. The Hall–Kier alpha value is -1.81. The second kappa shape index (κ2) is 6.38. The Morgan fingerprint density at radius 3 is 2.84 bits per heavy atom. The maximum absolute atomic E-state index is 5.54. The fourth-order valence-corrected chi connectivity index (χ4v) is 2.03. The predicted octanol–water partition coefficient (Wildman–Crippen LogP) is 3.00. The molecule has 0 fully saturated rings. The van der Waals surface area contributed by atoms with Gasteiger partial charge in [0, 0.05) is 30.4 Å². The third-order valence-corrected chi connectivity index (χ3v) is 2.84. The molecule has 0 aliphatic heterocycles. The summed E-state index contributed by atoms with van der Waals surface area (Å²) in [5.74, 6) is 0.871. The van der Waals surface area contributed by atoms with Crippen LogP contribution in [0.25, 0.3) is 10.9 Å². The topological polar surface area (TPSA) is 43.4 Å². The highest BCUT2D eigenvalue weighted by Crippen LogP contribution is 2.27. The molecule has 0 aliphatic rings. The van der Waals surface area contributed by atoms with Gasteiger partial charge in [-0.05, 0) is 38.1 Å². The second-order valence-electron chi connectivity index (χ2n) is 4.34. The molecule has 0 atom stereocenters. The molecule has 0 radical (unpaired) electrons. The van der Waals surface area contributed by atoms with Gasteiger partial charge >= 0.3 is 0 Å². The van der Waals surface area contributed by atoms with Gasteiger partial charge in [-0.2, -0.15) is 0 Å². The molecule has 1 heterocycles. The van der Waals surface area contributed by atoms with Crippen LogP contribution in [0.15, 0.2) is 24.3 Å². The van der Waals surface area contributed by atoms with Gasteiger partial charge in [0.15, 0.2) is 0 Å². The number of nitrogens with zero attached hydrogens (tertiary/aromatic N) is 1. The van der Waals surface area contributed by atoms with Gasteiger partial charge in [-0.3, -0.25) is 4.98 Å². The Morgan fingerprint density at radius 1 is 1.26 bits per heavy atom. The van der Waals surface area contributed by atoms with Crippen LogP contribution in [0.5, 0.6) is 5.75 Å². The largest absolute Gasteiger partial charge is 0.494 e. The van der Waals surface area contributed by atoms with E-state index in [2.05, 4.69) is 10.3 Å². The number of methoxy groups -OCH3 is 1. The van der Waals surface area contributed by atoms with Gasteiger partial charge in [-0.1, -0.05) is 0 Å². The van der Waals surface area contributed by atoms with Crippen LogP contribution in [0, 0.1) is 6.92 Å². The molecule has 2 aromatic rings. The van der Waals surface area contributed by atoms with Gasteiger partial charge in [-0.25, -0.2) is 0 Å². The Balaban J connectivity index is 2.37. The molecule has 19 heavy (non-hydrogen) atoms. The number of hydrogen-bond acceptors (Lipinski definition) is 4. The molecule has 102 valence electrons. The molecule has 0 spiro atoms. The van der Waals surface area contributed by atoms with Crippen molar-refractivity contribution < 1.29 is 9.47 Å². The van der Waals surface area contributed by atoms with Crippen molar-refractivity contribution in [1.29, 1.82) is 0 Å². The van der Waals surface area contributed by atoms with Crippen LogP contribution in [0.4, 0.5) is 5.69 Å². The number of anilines is 1. The van der Waals surface area contributed by atoms with Crippen LogP contribution in [0.3, 0.4) is 0 Å². The minimum atomic E-state index is 0.664. The number of benzene rings is 1. The van der Waals surface area contributed by atoms with E-state index in [9.17, 15) is 0 Å².